The van der Waals surface area contributed by atoms with Gasteiger partial charge in [-0.25, -0.2) is 0 Å². The van der Waals surface area contributed by atoms with Gasteiger partial charge in [0.05, 0.1) is 11.2 Å². The van der Waals surface area contributed by atoms with Crippen molar-refractivity contribution in [3.63, 3.8) is 0 Å². The number of amides is 1. The molecule has 5 heteroatoms. The normalized spacial score (nSPS) is 17.7. The standard InChI is InChI=1S/C13H15Br2NO2/c14-9-3-4-10(11(15)7-9)12(17)16-8-13(18)5-1-2-6-13/h3-4,7,18H,1-2,5-6,8H2,(H,16,17). The van der Waals surface area contributed by atoms with Gasteiger partial charge in [-0.15, -0.1) is 0 Å². The van der Waals surface area contributed by atoms with Crippen LogP contribution in [-0.2, 0) is 0 Å². The zero-order valence-electron chi connectivity index (χ0n) is 9.88. The topological polar surface area (TPSA) is 49.3 Å². The van der Waals surface area contributed by atoms with Crippen molar-refractivity contribution >= 4 is 37.8 Å². The summed E-state index contributed by atoms with van der Waals surface area (Å²) in [6, 6.07) is 5.41. The van der Waals surface area contributed by atoms with E-state index >= 15 is 0 Å². The van der Waals surface area contributed by atoms with E-state index < -0.39 is 5.60 Å². The van der Waals surface area contributed by atoms with E-state index in [1.165, 1.54) is 0 Å². The van der Waals surface area contributed by atoms with Crippen molar-refractivity contribution in [2.75, 3.05) is 6.54 Å². The Morgan fingerprint density at radius 3 is 2.61 bits per heavy atom. The number of aliphatic hydroxyl groups is 1. The van der Waals surface area contributed by atoms with E-state index in [0.29, 0.717) is 12.1 Å². The molecule has 0 aliphatic heterocycles. The van der Waals surface area contributed by atoms with Crippen molar-refractivity contribution in [2.24, 2.45) is 0 Å². The largest absolute Gasteiger partial charge is 0.388 e. The molecule has 0 saturated heterocycles. The molecule has 0 bridgehead atoms. The third-order valence-electron chi connectivity index (χ3n) is 3.29. The highest BCUT2D eigenvalue weighted by atomic mass is 79.9. The molecule has 0 heterocycles. The van der Waals surface area contributed by atoms with Crippen molar-refractivity contribution in [2.45, 2.75) is 31.3 Å². The molecular formula is C13H15Br2NO2. The average Bonchev–Trinajstić information content (AvgIpc) is 2.74. The second kappa shape index (κ2) is 5.72. The summed E-state index contributed by atoms with van der Waals surface area (Å²) in [6.07, 6.45) is 3.62. The fraction of sp³-hybridized carbons (Fsp3) is 0.462. The summed E-state index contributed by atoms with van der Waals surface area (Å²) in [6.45, 7) is 0.328. The monoisotopic (exact) mass is 375 g/mol. The molecule has 1 saturated carbocycles. The van der Waals surface area contributed by atoms with Gasteiger partial charge in [0.25, 0.3) is 5.91 Å². The number of hydrogen-bond acceptors (Lipinski definition) is 2. The molecule has 98 valence electrons. The molecule has 1 fully saturated rings. The van der Waals surface area contributed by atoms with Crippen LogP contribution in [0.25, 0.3) is 0 Å². The molecule has 3 nitrogen and oxygen atoms in total. The van der Waals surface area contributed by atoms with E-state index in [0.717, 1.165) is 34.6 Å². The first kappa shape index (κ1) is 14.0. The van der Waals surface area contributed by atoms with Crippen LogP contribution in [0.2, 0.25) is 0 Å². The second-order valence-corrected chi connectivity index (χ2v) is 6.51. The lowest BCUT2D eigenvalue weighted by Gasteiger charge is -2.22. The molecular weight excluding hydrogens is 362 g/mol. The molecule has 0 radical (unpaired) electrons. The van der Waals surface area contributed by atoms with Crippen LogP contribution < -0.4 is 5.32 Å². The highest BCUT2D eigenvalue weighted by Gasteiger charge is 2.31. The lowest BCUT2D eigenvalue weighted by molar-refractivity contribution is 0.0449. The smallest absolute Gasteiger partial charge is 0.252 e. The van der Waals surface area contributed by atoms with Crippen LogP contribution in [0.3, 0.4) is 0 Å². The first-order valence-electron chi connectivity index (χ1n) is 5.96. The van der Waals surface area contributed by atoms with Crippen molar-refractivity contribution in [1.29, 1.82) is 0 Å². The molecule has 18 heavy (non-hydrogen) atoms. The van der Waals surface area contributed by atoms with Gasteiger partial charge in [0, 0.05) is 15.5 Å². The number of nitrogens with one attached hydrogen (secondary N) is 1. The van der Waals surface area contributed by atoms with E-state index in [4.69, 9.17) is 0 Å². The molecule has 2 rings (SSSR count). The summed E-state index contributed by atoms with van der Waals surface area (Å²) in [4.78, 5) is 12.0. The lowest BCUT2D eigenvalue weighted by atomic mass is 10.0. The maximum atomic E-state index is 12.0. The number of hydrogen-bond donors (Lipinski definition) is 2. The molecule has 1 aliphatic carbocycles. The first-order chi connectivity index (χ1) is 8.50. The minimum absolute atomic E-state index is 0.158. The van der Waals surface area contributed by atoms with Gasteiger partial charge in [0.2, 0.25) is 0 Å². The van der Waals surface area contributed by atoms with Crippen molar-refractivity contribution < 1.29 is 9.90 Å². The molecule has 1 amide bonds. The van der Waals surface area contributed by atoms with Gasteiger partial charge in [0.15, 0.2) is 0 Å². The molecule has 0 unspecified atom stereocenters. The van der Waals surface area contributed by atoms with Gasteiger partial charge in [-0.05, 0) is 47.0 Å². The van der Waals surface area contributed by atoms with Crippen LogP contribution in [0.1, 0.15) is 36.0 Å². The van der Waals surface area contributed by atoms with E-state index in [1.807, 2.05) is 12.1 Å². The van der Waals surface area contributed by atoms with Crippen LogP contribution in [0.4, 0.5) is 0 Å². The molecule has 0 atom stereocenters. The molecule has 1 aliphatic rings. The van der Waals surface area contributed by atoms with Gasteiger partial charge in [0.1, 0.15) is 0 Å². The Morgan fingerprint density at radius 2 is 2.00 bits per heavy atom. The lowest BCUT2D eigenvalue weighted by Crippen LogP contribution is -2.40. The average molecular weight is 377 g/mol. The Balaban J connectivity index is 1.99. The zero-order chi connectivity index (χ0) is 13.2. The Kier molecular flexibility index (Phi) is 4.45. The van der Waals surface area contributed by atoms with Crippen molar-refractivity contribution in [3.05, 3.63) is 32.7 Å². The molecule has 1 aromatic rings. The molecule has 0 spiro atoms. The van der Waals surface area contributed by atoms with Crippen LogP contribution in [0, 0.1) is 0 Å². The Bertz CT molecular complexity index is 456. The quantitative estimate of drug-likeness (QED) is 0.850. The Labute approximate surface area is 123 Å². The zero-order valence-corrected chi connectivity index (χ0v) is 13.1. The number of benzene rings is 1. The van der Waals surface area contributed by atoms with Gasteiger partial charge in [-0.1, -0.05) is 28.8 Å². The number of carbonyl (C=O) groups is 1. The van der Waals surface area contributed by atoms with Gasteiger partial charge < -0.3 is 10.4 Å². The van der Waals surface area contributed by atoms with Crippen molar-refractivity contribution in [1.82, 2.24) is 5.32 Å². The molecule has 1 aromatic carbocycles. The second-order valence-electron chi connectivity index (χ2n) is 4.74. The fourth-order valence-corrected chi connectivity index (χ4v) is 3.45. The van der Waals surface area contributed by atoms with E-state index in [9.17, 15) is 9.90 Å². The minimum Gasteiger partial charge on any atom is -0.388 e. The van der Waals surface area contributed by atoms with Crippen LogP contribution in [0.15, 0.2) is 27.1 Å². The minimum atomic E-state index is -0.711. The van der Waals surface area contributed by atoms with E-state index in [1.54, 1.807) is 6.07 Å². The maximum Gasteiger partial charge on any atom is 0.252 e. The molecule has 2 N–H and O–H groups in total. The summed E-state index contributed by atoms with van der Waals surface area (Å²) in [7, 11) is 0. The maximum absolute atomic E-state index is 12.0. The Hall–Kier alpha value is -0.390. The van der Waals surface area contributed by atoms with Gasteiger partial charge in [-0.3, -0.25) is 4.79 Å². The number of carbonyl (C=O) groups excluding carboxylic acids is 1. The van der Waals surface area contributed by atoms with Gasteiger partial charge in [-0.2, -0.15) is 0 Å². The van der Waals surface area contributed by atoms with E-state index in [-0.39, 0.29) is 5.91 Å². The Morgan fingerprint density at radius 1 is 1.33 bits per heavy atom. The highest BCUT2D eigenvalue weighted by Crippen LogP contribution is 2.29. The predicted octanol–water partition coefficient (Wildman–Crippen LogP) is 3.25. The highest BCUT2D eigenvalue weighted by molar-refractivity contribution is 9.11. The summed E-state index contributed by atoms with van der Waals surface area (Å²) in [5.74, 6) is -0.158. The first-order valence-corrected chi connectivity index (χ1v) is 7.54. The number of rotatable bonds is 3. The SMILES string of the molecule is O=C(NCC1(O)CCCC1)c1ccc(Br)cc1Br. The van der Waals surface area contributed by atoms with Crippen molar-refractivity contribution in [3.8, 4) is 0 Å². The summed E-state index contributed by atoms with van der Waals surface area (Å²) in [5.41, 5.74) is -0.128. The third kappa shape index (κ3) is 3.33. The predicted molar refractivity (Wildman–Crippen MR) is 77.6 cm³/mol. The number of halogens is 2. The fourth-order valence-electron chi connectivity index (χ4n) is 2.22. The van der Waals surface area contributed by atoms with Gasteiger partial charge >= 0.3 is 0 Å². The van der Waals surface area contributed by atoms with E-state index in [2.05, 4.69) is 37.2 Å². The van der Waals surface area contributed by atoms with Crippen LogP contribution in [-0.4, -0.2) is 23.2 Å². The third-order valence-corrected chi connectivity index (χ3v) is 4.44. The summed E-state index contributed by atoms with van der Waals surface area (Å²) in [5, 5.41) is 13.0. The van der Waals surface area contributed by atoms with Crippen LogP contribution >= 0.6 is 31.9 Å². The summed E-state index contributed by atoms with van der Waals surface area (Å²) >= 11 is 6.71. The van der Waals surface area contributed by atoms with Crippen LogP contribution in [0.5, 0.6) is 0 Å². The summed E-state index contributed by atoms with van der Waals surface area (Å²) < 4.78 is 1.66. The molecule has 0 aromatic heterocycles.